The number of rotatable bonds is 10. The number of hydrogen-bond acceptors (Lipinski definition) is 6. The van der Waals surface area contributed by atoms with Crippen LogP contribution in [-0.2, 0) is 11.3 Å². The van der Waals surface area contributed by atoms with Gasteiger partial charge < -0.3 is 14.9 Å². The predicted molar refractivity (Wildman–Crippen MR) is 95.6 cm³/mol. The summed E-state index contributed by atoms with van der Waals surface area (Å²) in [6, 6.07) is 1.81. The van der Waals surface area contributed by atoms with Crippen LogP contribution in [-0.4, -0.2) is 31.4 Å². The lowest BCUT2D eigenvalue weighted by Crippen LogP contribution is -2.10. The van der Waals surface area contributed by atoms with Crippen LogP contribution in [0.3, 0.4) is 0 Å². The predicted octanol–water partition coefficient (Wildman–Crippen LogP) is 3.71. The number of aromatic amines is 1. The quantitative estimate of drug-likeness (QED) is 0.590. The molecule has 3 N–H and O–H groups in total. The standard InChI is InChI=1S/C18H27N5O3/c24-17(25)11-14(8-4-7-13-5-2-1-3-6-13)18-21-16(23-26-18)12-19-15-9-10-20-22-15/h9-10,13-14H,1-8,11-12H2,(H,24,25)(H2,19,20,22). The molecule has 8 nitrogen and oxygen atoms in total. The number of hydrogen-bond donors (Lipinski definition) is 3. The average molecular weight is 361 g/mol. The molecule has 0 radical (unpaired) electrons. The Morgan fingerprint density at radius 2 is 2.23 bits per heavy atom. The van der Waals surface area contributed by atoms with Crippen molar-refractivity contribution in [2.24, 2.45) is 5.92 Å². The van der Waals surface area contributed by atoms with Crippen molar-refractivity contribution in [2.45, 2.75) is 70.3 Å². The van der Waals surface area contributed by atoms with E-state index in [0.717, 1.165) is 24.6 Å². The maximum absolute atomic E-state index is 11.2. The van der Waals surface area contributed by atoms with Gasteiger partial charge in [-0.15, -0.1) is 0 Å². The summed E-state index contributed by atoms with van der Waals surface area (Å²) in [5.74, 6) is 1.46. The summed E-state index contributed by atoms with van der Waals surface area (Å²) in [6.45, 7) is 0.396. The van der Waals surface area contributed by atoms with Crippen molar-refractivity contribution in [1.29, 1.82) is 0 Å². The number of nitrogens with one attached hydrogen (secondary N) is 2. The molecule has 8 heteroatoms. The monoisotopic (exact) mass is 361 g/mol. The van der Waals surface area contributed by atoms with Crippen LogP contribution in [0.1, 0.15) is 75.4 Å². The summed E-state index contributed by atoms with van der Waals surface area (Å²) >= 11 is 0. The molecule has 3 rings (SSSR count). The number of aromatic nitrogens is 4. The molecule has 0 spiro atoms. The topological polar surface area (TPSA) is 117 Å². The fraction of sp³-hybridized carbons (Fsp3) is 0.667. The van der Waals surface area contributed by atoms with Crippen LogP contribution in [0, 0.1) is 5.92 Å². The SMILES string of the molecule is O=C(O)CC(CCCC1CCCCC1)c1nc(CNc2ccn[nH]2)no1. The molecule has 26 heavy (non-hydrogen) atoms. The van der Waals surface area contributed by atoms with Crippen molar-refractivity contribution >= 4 is 11.8 Å². The maximum Gasteiger partial charge on any atom is 0.304 e. The number of H-pyrrole nitrogens is 1. The van der Waals surface area contributed by atoms with E-state index in [-0.39, 0.29) is 12.3 Å². The molecular weight excluding hydrogens is 334 g/mol. The third-order valence-electron chi connectivity index (χ3n) is 5.08. The van der Waals surface area contributed by atoms with E-state index in [1.165, 1.54) is 38.5 Å². The Kier molecular flexibility index (Phi) is 6.62. The summed E-state index contributed by atoms with van der Waals surface area (Å²) in [5.41, 5.74) is 0. The molecule has 0 bridgehead atoms. The highest BCUT2D eigenvalue weighted by atomic mass is 16.5. The Morgan fingerprint density at radius 1 is 1.38 bits per heavy atom. The Labute approximate surface area is 152 Å². The first-order valence-electron chi connectivity index (χ1n) is 9.48. The van der Waals surface area contributed by atoms with Gasteiger partial charge in [-0.2, -0.15) is 10.1 Å². The van der Waals surface area contributed by atoms with Gasteiger partial charge in [0.05, 0.1) is 19.2 Å². The van der Waals surface area contributed by atoms with Gasteiger partial charge >= 0.3 is 5.97 Å². The minimum atomic E-state index is -0.831. The summed E-state index contributed by atoms with van der Waals surface area (Å²) in [5, 5.41) is 22.9. The minimum absolute atomic E-state index is 0.0281. The second kappa shape index (κ2) is 9.35. The molecule has 0 saturated heterocycles. The summed E-state index contributed by atoms with van der Waals surface area (Å²) in [7, 11) is 0. The van der Waals surface area contributed by atoms with Crippen LogP contribution in [0.2, 0.25) is 0 Å². The molecule has 2 aromatic rings. The fourth-order valence-corrected chi connectivity index (χ4v) is 3.69. The largest absolute Gasteiger partial charge is 0.481 e. The first kappa shape index (κ1) is 18.4. The van der Waals surface area contributed by atoms with Gasteiger partial charge in [0.1, 0.15) is 5.82 Å². The van der Waals surface area contributed by atoms with Crippen LogP contribution < -0.4 is 5.32 Å². The van der Waals surface area contributed by atoms with Gasteiger partial charge in [0.2, 0.25) is 5.89 Å². The van der Waals surface area contributed by atoms with Gasteiger partial charge in [-0.1, -0.05) is 50.1 Å². The van der Waals surface area contributed by atoms with E-state index in [1.807, 2.05) is 0 Å². The van der Waals surface area contributed by atoms with Crippen molar-refractivity contribution in [2.75, 3.05) is 5.32 Å². The van der Waals surface area contributed by atoms with Gasteiger partial charge in [0.15, 0.2) is 5.82 Å². The van der Waals surface area contributed by atoms with Crippen molar-refractivity contribution in [3.63, 3.8) is 0 Å². The average Bonchev–Trinajstić information content (AvgIpc) is 3.31. The van der Waals surface area contributed by atoms with Crippen LogP contribution in [0.15, 0.2) is 16.8 Å². The van der Waals surface area contributed by atoms with Gasteiger partial charge in [-0.3, -0.25) is 9.89 Å². The third-order valence-corrected chi connectivity index (χ3v) is 5.08. The number of carboxylic acids is 1. The Bertz CT molecular complexity index is 664. The molecule has 2 heterocycles. The highest BCUT2D eigenvalue weighted by Crippen LogP contribution is 2.31. The molecule has 1 unspecified atom stereocenters. The first-order valence-corrected chi connectivity index (χ1v) is 9.48. The molecule has 1 atom stereocenters. The molecule has 1 aliphatic rings. The van der Waals surface area contributed by atoms with E-state index in [2.05, 4.69) is 25.7 Å². The summed E-state index contributed by atoms with van der Waals surface area (Å²) in [6.07, 6.45) is 11.3. The highest BCUT2D eigenvalue weighted by Gasteiger charge is 2.23. The normalized spacial score (nSPS) is 16.5. The van der Waals surface area contributed by atoms with Gasteiger partial charge in [0, 0.05) is 5.92 Å². The third kappa shape index (κ3) is 5.57. The molecule has 0 amide bonds. The Morgan fingerprint density at radius 3 is 2.96 bits per heavy atom. The number of nitrogens with zero attached hydrogens (tertiary/aromatic N) is 3. The Balaban J connectivity index is 1.51. The number of carbonyl (C=O) groups is 1. The van der Waals surface area contributed by atoms with Crippen LogP contribution in [0.25, 0.3) is 0 Å². The molecular formula is C18H27N5O3. The second-order valence-electron chi connectivity index (χ2n) is 7.10. The van der Waals surface area contributed by atoms with E-state index in [0.29, 0.717) is 18.3 Å². The van der Waals surface area contributed by atoms with Crippen molar-refractivity contribution in [3.8, 4) is 0 Å². The van der Waals surface area contributed by atoms with Crippen molar-refractivity contribution in [3.05, 3.63) is 24.0 Å². The van der Waals surface area contributed by atoms with Gasteiger partial charge in [-0.05, 0) is 18.4 Å². The van der Waals surface area contributed by atoms with Gasteiger partial charge in [0.25, 0.3) is 0 Å². The lowest BCUT2D eigenvalue weighted by molar-refractivity contribution is -0.137. The summed E-state index contributed by atoms with van der Waals surface area (Å²) in [4.78, 5) is 15.6. The number of anilines is 1. The van der Waals surface area contributed by atoms with E-state index < -0.39 is 5.97 Å². The summed E-state index contributed by atoms with van der Waals surface area (Å²) < 4.78 is 5.35. The first-order chi connectivity index (χ1) is 12.7. The molecule has 2 aromatic heterocycles. The second-order valence-corrected chi connectivity index (χ2v) is 7.10. The zero-order valence-electron chi connectivity index (χ0n) is 15.0. The lowest BCUT2D eigenvalue weighted by Gasteiger charge is -2.21. The van der Waals surface area contributed by atoms with Crippen LogP contribution in [0.4, 0.5) is 5.82 Å². The molecule has 1 aliphatic carbocycles. The zero-order chi connectivity index (χ0) is 18.2. The van der Waals surface area contributed by atoms with Crippen molar-refractivity contribution in [1.82, 2.24) is 20.3 Å². The van der Waals surface area contributed by atoms with Crippen LogP contribution >= 0.6 is 0 Å². The van der Waals surface area contributed by atoms with E-state index in [4.69, 9.17) is 4.52 Å². The molecule has 0 aliphatic heterocycles. The Hall–Kier alpha value is -2.38. The van der Waals surface area contributed by atoms with Gasteiger partial charge in [-0.25, -0.2) is 0 Å². The molecule has 1 fully saturated rings. The van der Waals surface area contributed by atoms with E-state index in [1.54, 1.807) is 12.3 Å². The minimum Gasteiger partial charge on any atom is -0.481 e. The molecule has 0 aromatic carbocycles. The lowest BCUT2D eigenvalue weighted by atomic mass is 9.84. The number of carboxylic acid groups (broad SMARTS) is 1. The van der Waals surface area contributed by atoms with Crippen molar-refractivity contribution < 1.29 is 14.4 Å². The fourth-order valence-electron chi connectivity index (χ4n) is 3.69. The number of aliphatic carboxylic acids is 1. The maximum atomic E-state index is 11.2. The zero-order valence-corrected chi connectivity index (χ0v) is 15.0. The molecule has 142 valence electrons. The van der Waals surface area contributed by atoms with E-state index in [9.17, 15) is 9.90 Å². The highest BCUT2D eigenvalue weighted by molar-refractivity contribution is 5.67. The van der Waals surface area contributed by atoms with Crippen LogP contribution in [0.5, 0.6) is 0 Å². The smallest absolute Gasteiger partial charge is 0.304 e. The molecule has 1 saturated carbocycles. The van der Waals surface area contributed by atoms with E-state index >= 15 is 0 Å².